The third-order valence-electron chi connectivity index (χ3n) is 2.38. The number of hydrogen-bond donors (Lipinski definition) is 1. The number of ether oxygens (including phenoxy) is 1. The van der Waals surface area contributed by atoms with Crippen LogP contribution in [0.25, 0.3) is 0 Å². The van der Waals surface area contributed by atoms with Crippen LogP contribution in [0.3, 0.4) is 0 Å². The molecule has 0 atom stereocenters. The fourth-order valence-corrected chi connectivity index (χ4v) is 1.88. The molecule has 82 valence electrons. The minimum Gasteiger partial charge on any atom is -0.381 e. The van der Waals surface area contributed by atoms with Gasteiger partial charge in [-0.05, 0) is 19.8 Å². The van der Waals surface area contributed by atoms with Gasteiger partial charge in [0.1, 0.15) is 16.8 Å². The van der Waals surface area contributed by atoms with Crippen molar-refractivity contribution in [3.63, 3.8) is 0 Å². The molecule has 2 rings (SSSR count). The highest BCUT2D eigenvalue weighted by molar-refractivity contribution is 6.29. The molecule has 0 saturated carbocycles. The van der Waals surface area contributed by atoms with Crippen LogP contribution >= 0.6 is 11.6 Å². The second kappa shape index (κ2) is 4.77. The van der Waals surface area contributed by atoms with Gasteiger partial charge in [0.25, 0.3) is 0 Å². The van der Waals surface area contributed by atoms with E-state index in [9.17, 15) is 0 Å². The molecule has 2 heterocycles. The Morgan fingerprint density at radius 1 is 1.40 bits per heavy atom. The highest BCUT2D eigenvalue weighted by Crippen LogP contribution is 2.16. The lowest BCUT2D eigenvalue weighted by Gasteiger charge is -2.23. The quantitative estimate of drug-likeness (QED) is 0.786. The fraction of sp³-hybridized carbons (Fsp3) is 0.600. The van der Waals surface area contributed by atoms with E-state index in [-0.39, 0.29) is 0 Å². The number of nitrogens with zero attached hydrogens (tertiary/aromatic N) is 2. The van der Waals surface area contributed by atoms with E-state index in [0.29, 0.717) is 17.0 Å². The second-order valence-electron chi connectivity index (χ2n) is 3.65. The molecule has 15 heavy (non-hydrogen) atoms. The summed E-state index contributed by atoms with van der Waals surface area (Å²) in [6.07, 6.45) is 2.03. The molecule has 5 heteroatoms. The van der Waals surface area contributed by atoms with Crippen LogP contribution in [-0.2, 0) is 4.74 Å². The molecular formula is C10H14ClN3O. The summed E-state index contributed by atoms with van der Waals surface area (Å²) in [4.78, 5) is 8.30. The first-order chi connectivity index (χ1) is 7.24. The second-order valence-corrected chi connectivity index (χ2v) is 4.04. The Bertz CT molecular complexity index is 319. The summed E-state index contributed by atoms with van der Waals surface area (Å²) < 4.78 is 5.29. The maximum absolute atomic E-state index is 5.85. The molecule has 1 aliphatic rings. The minimum absolute atomic E-state index is 0.434. The Labute approximate surface area is 94.0 Å². The van der Waals surface area contributed by atoms with Crippen molar-refractivity contribution in [1.29, 1.82) is 0 Å². The van der Waals surface area contributed by atoms with E-state index in [1.54, 1.807) is 6.07 Å². The number of halogens is 1. The fourth-order valence-electron chi connectivity index (χ4n) is 1.66. The molecule has 4 nitrogen and oxygen atoms in total. The van der Waals surface area contributed by atoms with E-state index in [0.717, 1.165) is 31.9 Å². The predicted octanol–water partition coefficient (Wildman–Crippen LogP) is 2.03. The molecule has 0 aliphatic carbocycles. The van der Waals surface area contributed by atoms with Crippen LogP contribution in [0, 0.1) is 6.92 Å². The van der Waals surface area contributed by atoms with Crippen molar-refractivity contribution in [3.8, 4) is 0 Å². The van der Waals surface area contributed by atoms with E-state index >= 15 is 0 Å². The third kappa shape index (κ3) is 3.04. The summed E-state index contributed by atoms with van der Waals surface area (Å²) in [7, 11) is 0. The summed E-state index contributed by atoms with van der Waals surface area (Å²) in [5.74, 6) is 1.50. The van der Waals surface area contributed by atoms with Gasteiger partial charge in [0, 0.05) is 25.3 Å². The first-order valence-electron chi connectivity index (χ1n) is 5.09. The average molecular weight is 228 g/mol. The largest absolute Gasteiger partial charge is 0.381 e. The number of anilines is 1. The number of nitrogens with one attached hydrogen (secondary N) is 1. The molecule has 0 unspecified atom stereocenters. The van der Waals surface area contributed by atoms with Gasteiger partial charge < -0.3 is 10.1 Å². The third-order valence-corrected chi connectivity index (χ3v) is 2.57. The van der Waals surface area contributed by atoms with E-state index in [2.05, 4.69) is 15.3 Å². The lowest BCUT2D eigenvalue weighted by Crippen LogP contribution is -2.28. The number of aryl methyl sites for hydroxylation is 1. The van der Waals surface area contributed by atoms with E-state index in [1.165, 1.54) is 0 Å². The summed E-state index contributed by atoms with van der Waals surface area (Å²) in [5, 5.41) is 3.83. The smallest absolute Gasteiger partial charge is 0.134 e. The zero-order valence-corrected chi connectivity index (χ0v) is 9.42. The molecule has 0 aromatic carbocycles. The first kappa shape index (κ1) is 10.6. The maximum Gasteiger partial charge on any atom is 0.134 e. The maximum atomic E-state index is 5.85. The van der Waals surface area contributed by atoms with Crippen LogP contribution < -0.4 is 5.32 Å². The van der Waals surface area contributed by atoms with E-state index < -0.39 is 0 Å². The Balaban J connectivity index is 2.02. The van der Waals surface area contributed by atoms with Crippen molar-refractivity contribution in [3.05, 3.63) is 17.0 Å². The molecule has 1 aromatic rings. The van der Waals surface area contributed by atoms with E-state index in [1.807, 2.05) is 6.92 Å². The number of hydrogen-bond acceptors (Lipinski definition) is 4. The van der Waals surface area contributed by atoms with Gasteiger partial charge in [-0.15, -0.1) is 0 Å². The molecule has 1 aromatic heterocycles. The van der Waals surface area contributed by atoms with Gasteiger partial charge in [-0.3, -0.25) is 0 Å². The summed E-state index contributed by atoms with van der Waals surface area (Å²) in [6.45, 7) is 3.46. The van der Waals surface area contributed by atoms with Crippen LogP contribution in [0.1, 0.15) is 18.7 Å². The predicted molar refractivity (Wildman–Crippen MR) is 59.2 cm³/mol. The molecule has 1 saturated heterocycles. The SMILES string of the molecule is Cc1nc(Cl)cc(NC2CCOCC2)n1. The Kier molecular flexibility index (Phi) is 3.38. The highest BCUT2D eigenvalue weighted by Gasteiger charge is 2.14. The molecule has 0 radical (unpaired) electrons. The zero-order valence-electron chi connectivity index (χ0n) is 8.66. The van der Waals surface area contributed by atoms with Crippen LogP contribution in [-0.4, -0.2) is 29.2 Å². The summed E-state index contributed by atoms with van der Waals surface area (Å²) >= 11 is 5.85. The Morgan fingerprint density at radius 3 is 2.80 bits per heavy atom. The molecule has 0 spiro atoms. The first-order valence-corrected chi connectivity index (χ1v) is 5.47. The average Bonchev–Trinajstić information content (AvgIpc) is 2.17. The zero-order chi connectivity index (χ0) is 10.7. The van der Waals surface area contributed by atoms with Gasteiger partial charge in [0.05, 0.1) is 0 Å². The van der Waals surface area contributed by atoms with Crippen LogP contribution in [0.4, 0.5) is 5.82 Å². The van der Waals surface area contributed by atoms with Gasteiger partial charge in [-0.2, -0.15) is 0 Å². The standard InChI is InChI=1S/C10H14ClN3O/c1-7-12-9(11)6-10(13-7)14-8-2-4-15-5-3-8/h6,8H,2-5H2,1H3,(H,12,13,14). The lowest BCUT2D eigenvalue weighted by molar-refractivity contribution is 0.0904. The molecule has 1 fully saturated rings. The number of rotatable bonds is 2. The van der Waals surface area contributed by atoms with Crippen molar-refractivity contribution in [2.75, 3.05) is 18.5 Å². The molecule has 1 N–H and O–H groups in total. The van der Waals surface area contributed by atoms with Crippen LogP contribution in [0.2, 0.25) is 5.15 Å². The van der Waals surface area contributed by atoms with Crippen molar-refractivity contribution >= 4 is 17.4 Å². The van der Waals surface area contributed by atoms with Crippen LogP contribution in [0.15, 0.2) is 6.07 Å². The van der Waals surface area contributed by atoms with Gasteiger partial charge in [-0.1, -0.05) is 11.6 Å². The van der Waals surface area contributed by atoms with Gasteiger partial charge in [0.15, 0.2) is 0 Å². The molecule has 0 amide bonds. The minimum atomic E-state index is 0.434. The van der Waals surface area contributed by atoms with Crippen LogP contribution in [0.5, 0.6) is 0 Å². The monoisotopic (exact) mass is 227 g/mol. The molecule has 0 bridgehead atoms. The van der Waals surface area contributed by atoms with Gasteiger partial charge >= 0.3 is 0 Å². The normalized spacial score (nSPS) is 17.7. The Hall–Kier alpha value is -0.870. The van der Waals surface area contributed by atoms with Crippen molar-refractivity contribution in [2.45, 2.75) is 25.8 Å². The molecule has 1 aliphatic heterocycles. The molecular weight excluding hydrogens is 214 g/mol. The van der Waals surface area contributed by atoms with Crippen molar-refractivity contribution in [2.24, 2.45) is 0 Å². The summed E-state index contributed by atoms with van der Waals surface area (Å²) in [6, 6.07) is 2.19. The van der Waals surface area contributed by atoms with E-state index in [4.69, 9.17) is 16.3 Å². The van der Waals surface area contributed by atoms with Gasteiger partial charge in [0.2, 0.25) is 0 Å². The lowest BCUT2D eigenvalue weighted by atomic mass is 10.1. The van der Waals surface area contributed by atoms with Crippen molar-refractivity contribution in [1.82, 2.24) is 9.97 Å². The highest BCUT2D eigenvalue weighted by atomic mass is 35.5. The Morgan fingerprint density at radius 2 is 2.13 bits per heavy atom. The summed E-state index contributed by atoms with van der Waals surface area (Å²) in [5.41, 5.74) is 0. The van der Waals surface area contributed by atoms with Crippen molar-refractivity contribution < 1.29 is 4.74 Å². The number of aromatic nitrogens is 2. The topological polar surface area (TPSA) is 47.0 Å². The van der Waals surface area contributed by atoms with Gasteiger partial charge in [-0.25, -0.2) is 9.97 Å².